The number of ether oxygens (including phenoxy) is 1. The number of hydrogen-bond donors (Lipinski definition) is 2. The van der Waals surface area contributed by atoms with E-state index in [4.69, 9.17) is 16.3 Å². The highest BCUT2D eigenvalue weighted by Crippen LogP contribution is 2.34. The highest BCUT2D eigenvalue weighted by atomic mass is 35.5. The summed E-state index contributed by atoms with van der Waals surface area (Å²) in [5, 5.41) is 6.35. The smallest absolute Gasteiger partial charge is 0.341 e. The fraction of sp³-hybridized carbons (Fsp3) is 0.125. The molecule has 2 N–H and O–H groups in total. The molecule has 32 heavy (non-hydrogen) atoms. The van der Waals surface area contributed by atoms with E-state index < -0.39 is 11.9 Å². The Labute approximate surface area is 194 Å². The molecule has 0 saturated carbocycles. The molecule has 8 heteroatoms. The molecule has 0 atom stereocenters. The van der Waals surface area contributed by atoms with E-state index in [0.29, 0.717) is 21.2 Å². The minimum Gasteiger partial charge on any atom is -0.462 e. The summed E-state index contributed by atoms with van der Waals surface area (Å²) in [5.41, 5.74) is 2.03. The zero-order valence-electron chi connectivity index (χ0n) is 17.5. The molecule has 0 unspecified atom stereocenters. The summed E-state index contributed by atoms with van der Waals surface area (Å²) < 4.78 is 5.14. The Kier molecular flexibility index (Phi) is 7.81. The van der Waals surface area contributed by atoms with Crippen LogP contribution in [0.3, 0.4) is 0 Å². The first-order chi connectivity index (χ1) is 15.4. The summed E-state index contributed by atoms with van der Waals surface area (Å²) in [6, 6.07) is 16.0. The molecule has 0 aliphatic rings. The third-order valence-electron chi connectivity index (χ3n) is 4.40. The van der Waals surface area contributed by atoms with Crippen molar-refractivity contribution in [1.29, 1.82) is 0 Å². The minimum absolute atomic E-state index is 0.170. The number of nitrogens with one attached hydrogen (secondary N) is 2. The number of anilines is 2. The third kappa shape index (κ3) is 5.84. The quantitative estimate of drug-likeness (QED) is 0.339. The van der Waals surface area contributed by atoms with Crippen LogP contribution in [0.4, 0.5) is 10.7 Å². The van der Waals surface area contributed by atoms with Gasteiger partial charge in [0.05, 0.1) is 17.0 Å². The van der Waals surface area contributed by atoms with Gasteiger partial charge in [-0.05, 0) is 55.3 Å². The Morgan fingerprint density at radius 2 is 1.72 bits per heavy atom. The van der Waals surface area contributed by atoms with Gasteiger partial charge >= 0.3 is 5.97 Å². The fourth-order valence-electron chi connectivity index (χ4n) is 2.88. The van der Waals surface area contributed by atoms with Crippen molar-refractivity contribution in [2.75, 3.05) is 17.2 Å². The maximum absolute atomic E-state index is 12.8. The lowest BCUT2D eigenvalue weighted by molar-refractivity contribution is -0.111. The number of carbonyl (C=O) groups excluding carboxylic acids is 3. The number of rotatable bonds is 7. The van der Waals surface area contributed by atoms with E-state index in [1.165, 1.54) is 6.08 Å². The summed E-state index contributed by atoms with van der Waals surface area (Å²) in [4.78, 5) is 38.2. The molecule has 0 radical (unpaired) electrons. The van der Waals surface area contributed by atoms with Gasteiger partial charge in [-0.15, -0.1) is 11.3 Å². The Morgan fingerprint density at radius 3 is 2.38 bits per heavy atom. The van der Waals surface area contributed by atoms with Crippen molar-refractivity contribution in [3.05, 3.63) is 87.3 Å². The van der Waals surface area contributed by atoms with Crippen LogP contribution >= 0.6 is 22.9 Å². The lowest BCUT2D eigenvalue weighted by Gasteiger charge is -2.06. The first-order valence-electron chi connectivity index (χ1n) is 9.80. The third-order valence-corrected chi connectivity index (χ3v) is 5.86. The second kappa shape index (κ2) is 10.7. The molecule has 3 rings (SSSR count). The summed E-state index contributed by atoms with van der Waals surface area (Å²) in [6.45, 7) is 3.52. The van der Waals surface area contributed by atoms with Gasteiger partial charge in [0.15, 0.2) is 0 Å². The monoisotopic (exact) mass is 468 g/mol. The number of esters is 1. The molecule has 0 bridgehead atoms. The molecule has 164 valence electrons. The molecule has 0 spiro atoms. The van der Waals surface area contributed by atoms with Gasteiger partial charge in [-0.1, -0.05) is 41.9 Å². The van der Waals surface area contributed by atoms with Gasteiger partial charge in [0, 0.05) is 16.8 Å². The Hall–Kier alpha value is -3.42. The SMILES string of the molecule is CCOC(=O)c1c(NC(=O)/C=C/c2ccc(Cl)cc2)sc(C(=O)Nc2ccccc2)c1C. The van der Waals surface area contributed by atoms with Crippen molar-refractivity contribution in [2.24, 2.45) is 0 Å². The van der Waals surface area contributed by atoms with Crippen molar-refractivity contribution in [3.63, 3.8) is 0 Å². The molecule has 0 saturated heterocycles. The largest absolute Gasteiger partial charge is 0.462 e. The van der Waals surface area contributed by atoms with Crippen LogP contribution in [0.25, 0.3) is 6.08 Å². The summed E-state index contributed by atoms with van der Waals surface area (Å²) >= 11 is 6.89. The molecule has 2 amide bonds. The van der Waals surface area contributed by atoms with Crippen molar-refractivity contribution in [2.45, 2.75) is 13.8 Å². The predicted octanol–water partition coefficient (Wildman–Crippen LogP) is 5.79. The molecular weight excluding hydrogens is 448 g/mol. The van der Waals surface area contributed by atoms with Gasteiger partial charge < -0.3 is 15.4 Å². The number of benzene rings is 2. The van der Waals surface area contributed by atoms with E-state index in [2.05, 4.69) is 10.6 Å². The van der Waals surface area contributed by atoms with Crippen molar-refractivity contribution < 1.29 is 19.1 Å². The van der Waals surface area contributed by atoms with E-state index in [1.807, 2.05) is 6.07 Å². The van der Waals surface area contributed by atoms with Gasteiger partial charge in [-0.2, -0.15) is 0 Å². The molecule has 2 aromatic carbocycles. The first kappa shape index (κ1) is 23.2. The first-order valence-corrected chi connectivity index (χ1v) is 11.0. The highest BCUT2D eigenvalue weighted by molar-refractivity contribution is 7.19. The van der Waals surface area contributed by atoms with Crippen molar-refractivity contribution in [3.8, 4) is 0 Å². The molecule has 3 aromatic rings. The zero-order valence-corrected chi connectivity index (χ0v) is 19.0. The summed E-state index contributed by atoms with van der Waals surface area (Å²) in [5.74, 6) is -1.42. The zero-order chi connectivity index (χ0) is 23.1. The van der Waals surface area contributed by atoms with Gasteiger partial charge in [0.2, 0.25) is 5.91 Å². The van der Waals surface area contributed by atoms with Crippen LogP contribution in [-0.2, 0) is 9.53 Å². The van der Waals surface area contributed by atoms with Gasteiger partial charge in [0.25, 0.3) is 5.91 Å². The number of carbonyl (C=O) groups is 3. The van der Waals surface area contributed by atoms with Crippen LogP contribution in [0.15, 0.2) is 60.7 Å². The molecule has 6 nitrogen and oxygen atoms in total. The number of halogens is 1. The molecular formula is C24H21ClN2O4S. The molecule has 1 aromatic heterocycles. The van der Waals surface area contributed by atoms with E-state index in [1.54, 1.807) is 68.5 Å². The average Bonchev–Trinajstić information content (AvgIpc) is 3.10. The van der Waals surface area contributed by atoms with Crippen LogP contribution in [-0.4, -0.2) is 24.4 Å². The number of para-hydroxylation sites is 1. The maximum Gasteiger partial charge on any atom is 0.341 e. The minimum atomic E-state index is -0.600. The van der Waals surface area contributed by atoms with Crippen molar-refractivity contribution >= 4 is 57.5 Å². The van der Waals surface area contributed by atoms with Gasteiger partial charge in [0.1, 0.15) is 5.00 Å². The lowest BCUT2D eigenvalue weighted by Crippen LogP contribution is -2.13. The van der Waals surface area contributed by atoms with Crippen LogP contribution in [0, 0.1) is 6.92 Å². The van der Waals surface area contributed by atoms with E-state index in [-0.39, 0.29) is 23.1 Å². The Balaban J connectivity index is 1.85. The number of amides is 2. The maximum atomic E-state index is 12.8. The fourth-order valence-corrected chi connectivity index (χ4v) is 4.10. The van der Waals surface area contributed by atoms with Crippen LogP contribution in [0.2, 0.25) is 5.02 Å². The van der Waals surface area contributed by atoms with Gasteiger partial charge in [-0.3, -0.25) is 9.59 Å². The molecule has 0 aliphatic heterocycles. The lowest BCUT2D eigenvalue weighted by atomic mass is 10.1. The highest BCUT2D eigenvalue weighted by Gasteiger charge is 2.26. The predicted molar refractivity (Wildman–Crippen MR) is 129 cm³/mol. The summed E-state index contributed by atoms with van der Waals surface area (Å²) in [7, 11) is 0. The molecule has 0 aliphatic carbocycles. The number of thiophene rings is 1. The standard InChI is InChI=1S/C24H21ClN2O4S/c1-3-31-24(30)20-15(2)21(22(29)26-18-7-5-4-6-8-18)32-23(20)27-19(28)14-11-16-9-12-17(25)13-10-16/h4-14H,3H2,1-2H3,(H,26,29)(H,27,28)/b14-11+. The Bertz CT molecular complexity index is 1150. The van der Waals surface area contributed by atoms with E-state index in [9.17, 15) is 14.4 Å². The van der Waals surface area contributed by atoms with Crippen LogP contribution in [0.1, 0.15) is 38.1 Å². The van der Waals surface area contributed by atoms with Crippen LogP contribution < -0.4 is 10.6 Å². The average molecular weight is 469 g/mol. The normalized spacial score (nSPS) is 10.7. The van der Waals surface area contributed by atoms with Crippen LogP contribution in [0.5, 0.6) is 0 Å². The van der Waals surface area contributed by atoms with Gasteiger partial charge in [-0.25, -0.2) is 4.79 Å². The second-order valence-corrected chi connectivity index (χ2v) is 8.13. The van der Waals surface area contributed by atoms with E-state index >= 15 is 0 Å². The molecule has 0 fully saturated rings. The molecule has 1 heterocycles. The van der Waals surface area contributed by atoms with Crippen molar-refractivity contribution in [1.82, 2.24) is 0 Å². The second-order valence-electron chi connectivity index (χ2n) is 6.68. The topological polar surface area (TPSA) is 84.5 Å². The summed E-state index contributed by atoms with van der Waals surface area (Å²) in [6.07, 6.45) is 2.97. The van der Waals surface area contributed by atoms with E-state index in [0.717, 1.165) is 16.9 Å². The number of hydrogen-bond acceptors (Lipinski definition) is 5. The Morgan fingerprint density at radius 1 is 1.03 bits per heavy atom.